The molecule has 0 spiro atoms. The van der Waals surface area contributed by atoms with Crippen molar-refractivity contribution in [1.82, 2.24) is 19.9 Å². The molecule has 4 aromatic heterocycles. The van der Waals surface area contributed by atoms with Crippen molar-refractivity contribution in [3.05, 3.63) is 200 Å². The van der Waals surface area contributed by atoms with Crippen LogP contribution in [0.5, 0.6) is 0 Å². The molecule has 0 fully saturated rings. The van der Waals surface area contributed by atoms with Gasteiger partial charge in [-0.15, -0.1) is 0 Å². The van der Waals surface area contributed by atoms with E-state index in [9.17, 15) is 22.0 Å². The Labute approximate surface area is 327 Å². The molecule has 0 radical (unpaired) electrons. The summed E-state index contributed by atoms with van der Waals surface area (Å²) >= 11 is 0. The number of aromatic amines is 2. The van der Waals surface area contributed by atoms with Crippen LogP contribution in [0.4, 0.5) is 43.9 Å². The van der Waals surface area contributed by atoms with E-state index in [4.69, 9.17) is 10.7 Å². The Morgan fingerprint density at radius 3 is 1.73 bits per heavy atom. The summed E-state index contributed by atoms with van der Waals surface area (Å²) in [6.07, 6.45) is 1.94. The van der Waals surface area contributed by atoms with Gasteiger partial charge in [-0.05, 0) is 84.1 Å². The molecule has 59 heavy (non-hydrogen) atoms. The van der Waals surface area contributed by atoms with Crippen molar-refractivity contribution < 1.29 is 43.9 Å². The summed E-state index contributed by atoms with van der Waals surface area (Å²) in [5.74, 6) is -17.5. The minimum atomic E-state index is -3.17. The largest absolute Gasteiger partial charge is 0.398 e. The topological polar surface area (TPSA) is 95.7 Å². The Hall–Kier alpha value is -6.97. The smallest absolute Gasteiger partial charge is 0.200 e. The first-order valence-electron chi connectivity index (χ1n) is 17.7. The minimum Gasteiger partial charge on any atom is -0.398 e. The van der Waals surface area contributed by atoms with E-state index in [0.717, 1.165) is 6.08 Å². The highest BCUT2D eigenvalue weighted by atomic mass is 19.2. The number of rotatable bonds is 4. The summed E-state index contributed by atoms with van der Waals surface area (Å²) in [6.45, 7) is 4.10. The number of fused-ring (bicyclic) bond motifs is 5. The number of H-pyrrole nitrogens is 2. The molecular formula is C43H26F10N6. The highest BCUT2D eigenvalue weighted by Gasteiger charge is 2.43. The number of pyridine rings is 2. The van der Waals surface area contributed by atoms with Crippen molar-refractivity contribution in [1.29, 1.82) is 0 Å². The van der Waals surface area contributed by atoms with Crippen LogP contribution in [-0.2, 0) is 0 Å². The number of hydrogen-bond acceptors (Lipinski definition) is 4. The van der Waals surface area contributed by atoms with E-state index in [-0.39, 0.29) is 68.6 Å². The molecule has 8 rings (SSSR count). The van der Waals surface area contributed by atoms with Gasteiger partial charge < -0.3 is 15.7 Å². The monoisotopic (exact) mass is 816 g/mol. The molecule has 2 atom stereocenters. The van der Waals surface area contributed by atoms with Crippen LogP contribution in [0.2, 0.25) is 0 Å². The third-order valence-electron chi connectivity index (χ3n) is 10.0. The number of nitrogens with zero attached hydrogens (tertiary/aromatic N) is 3. The molecule has 6 bridgehead atoms. The maximum atomic E-state index is 15.9. The predicted octanol–water partition coefficient (Wildman–Crippen LogP) is 8.78. The second kappa shape index (κ2) is 15.1. The number of nitrogens with one attached hydrogen (secondary N) is 2. The number of nitrogens with two attached hydrogens (primary N) is 1. The van der Waals surface area contributed by atoms with Gasteiger partial charge in [0.25, 0.3) is 0 Å². The number of benzene rings is 1. The van der Waals surface area contributed by atoms with Crippen molar-refractivity contribution in [3.63, 3.8) is 0 Å². The molecule has 0 saturated carbocycles. The molecule has 298 valence electrons. The van der Waals surface area contributed by atoms with Crippen LogP contribution in [0.3, 0.4) is 0 Å². The van der Waals surface area contributed by atoms with Gasteiger partial charge in [0, 0.05) is 80.4 Å². The lowest BCUT2D eigenvalue weighted by molar-refractivity contribution is 0.186. The SMILES string of the molecule is C=C1/C=C\C(N)=C(/c2c(F)c(F)c(F)c(F)c2F)c2ccc([nH]2)/C(c2ccncc2)=C2/CCC(=N2)/C(C2=C(F)C(F)=C(F)C(F)C2F)=c2/cc/c([nH]2)=C/1c1ccncc1. The molecule has 0 amide bonds. The summed E-state index contributed by atoms with van der Waals surface area (Å²) in [5.41, 5.74) is 4.25. The van der Waals surface area contributed by atoms with Gasteiger partial charge in [-0.1, -0.05) is 12.7 Å². The Morgan fingerprint density at radius 2 is 1.12 bits per heavy atom. The Balaban J connectivity index is 1.51. The van der Waals surface area contributed by atoms with E-state index in [1.807, 2.05) is 0 Å². The number of aromatic nitrogens is 4. The highest BCUT2D eigenvalue weighted by Crippen LogP contribution is 2.43. The molecule has 3 aliphatic rings. The fourth-order valence-corrected chi connectivity index (χ4v) is 7.33. The van der Waals surface area contributed by atoms with E-state index in [0.29, 0.717) is 11.1 Å². The number of aliphatic imine (C=N–C) groups is 1. The quantitative estimate of drug-likeness (QED) is 0.0962. The summed E-state index contributed by atoms with van der Waals surface area (Å²) < 4.78 is 151. The van der Waals surface area contributed by atoms with Gasteiger partial charge in [0.1, 0.15) is 0 Å². The van der Waals surface area contributed by atoms with Gasteiger partial charge in [0.05, 0.1) is 17.0 Å². The first-order chi connectivity index (χ1) is 28.3. The van der Waals surface area contributed by atoms with Crippen molar-refractivity contribution in [2.45, 2.75) is 25.2 Å². The Kier molecular flexibility index (Phi) is 9.94. The van der Waals surface area contributed by atoms with Gasteiger partial charge in [-0.2, -0.15) is 0 Å². The lowest BCUT2D eigenvalue weighted by atomic mass is 9.88. The second-order valence-electron chi connectivity index (χ2n) is 13.5. The first-order valence-corrected chi connectivity index (χ1v) is 17.7. The number of halogens is 10. The molecule has 4 N–H and O–H groups in total. The average molecular weight is 817 g/mol. The van der Waals surface area contributed by atoms with Gasteiger partial charge in [0.2, 0.25) is 5.82 Å². The molecule has 6 heterocycles. The Bertz CT molecular complexity index is 2890. The zero-order chi connectivity index (χ0) is 41.9. The molecule has 1 aromatic carbocycles. The van der Waals surface area contributed by atoms with E-state index in [1.54, 1.807) is 24.3 Å². The maximum Gasteiger partial charge on any atom is 0.200 e. The third-order valence-corrected chi connectivity index (χ3v) is 10.0. The van der Waals surface area contributed by atoms with Crippen LogP contribution >= 0.6 is 0 Å². The lowest BCUT2D eigenvalue weighted by Gasteiger charge is -2.23. The molecule has 0 saturated heterocycles. The molecule has 16 heteroatoms. The molecule has 5 aromatic rings. The van der Waals surface area contributed by atoms with E-state index >= 15 is 22.0 Å². The van der Waals surface area contributed by atoms with Crippen LogP contribution in [0.25, 0.3) is 22.3 Å². The lowest BCUT2D eigenvalue weighted by Crippen LogP contribution is -2.31. The predicted molar refractivity (Wildman–Crippen MR) is 200 cm³/mol. The van der Waals surface area contributed by atoms with Crippen molar-refractivity contribution in [2.24, 2.45) is 10.7 Å². The normalized spacial score (nSPS) is 23.8. The highest BCUT2D eigenvalue weighted by molar-refractivity contribution is 6.25. The van der Waals surface area contributed by atoms with Crippen LogP contribution < -0.4 is 16.4 Å². The summed E-state index contributed by atoms with van der Waals surface area (Å²) in [5, 5.41) is 0.139. The molecule has 2 aliphatic heterocycles. The molecular weight excluding hydrogens is 790 g/mol. The van der Waals surface area contributed by atoms with Gasteiger partial charge in [-0.25, -0.2) is 43.9 Å². The summed E-state index contributed by atoms with van der Waals surface area (Å²) in [6, 6.07) is 11.8. The minimum absolute atomic E-state index is 0.0341. The molecule has 2 unspecified atom stereocenters. The van der Waals surface area contributed by atoms with E-state index in [1.165, 1.54) is 55.1 Å². The molecule has 6 nitrogen and oxygen atoms in total. The Morgan fingerprint density at radius 1 is 0.576 bits per heavy atom. The zero-order valence-electron chi connectivity index (χ0n) is 30.1. The standard InChI is InChI=1S/C43H26F10N6/c1-18-2-3-21(54)30(32-34(44)38(48)42(52)39(49)35(32)45)25-7-5-23(58-25)29(20-12-16-56-17-13-20)24-6-9-27(59-24)31(33-36(46)40(50)43(53)41(51)37(33)47)26-8-4-22(57-26)28(18)19-10-14-55-15-11-19/h2-5,7-8,10-17,36,40,57-58H,1,6,9,54H2/b3-2-,28-22+,29-24-,30-21+,31-26+. The fourth-order valence-electron chi connectivity index (χ4n) is 7.33. The zero-order valence-corrected chi connectivity index (χ0v) is 30.1. The van der Waals surface area contributed by atoms with Gasteiger partial charge in [-0.3, -0.25) is 15.0 Å². The summed E-state index contributed by atoms with van der Waals surface area (Å²) in [4.78, 5) is 18.8. The average Bonchev–Trinajstić information content (AvgIpc) is 4.04. The van der Waals surface area contributed by atoms with E-state index in [2.05, 4.69) is 26.5 Å². The number of alkyl halides is 2. The molecule has 1 aliphatic carbocycles. The van der Waals surface area contributed by atoms with Crippen LogP contribution in [0.15, 0.2) is 137 Å². The first kappa shape index (κ1) is 38.9. The number of allylic oxidation sites excluding steroid dienone is 8. The second-order valence-corrected chi connectivity index (χ2v) is 13.5. The van der Waals surface area contributed by atoms with Crippen LogP contribution in [0, 0.1) is 29.1 Å². The van der Waals surface area contributed by atoms with E-state index < -0.39 is 81.3 Å². The van der Waals surface area contributed by atoms with Crippen LogP contribution in [0.1, 0.15) is 40.9 Å². The third kappa shape index (κ3) is 6.53. The maximum absolute atomic E-state index is 15.9. The van der Waals surface area contributed by atoms with Gasteiger partial charge >= 0.3 is 0 Å². The van der Waals surface area contributed by atoms with Crippen molar-refractivity contribution >= 4 is 28.0 Å². The van der Waals surface area contributed by atoms with Gasteiger partial charge in [0.15, 0.2) is 53.1 Å². The van der Waals surface area contributed by atoms with Crippen molar-refractivity contribution in [2.75, 3.05) is 0 Å². The van der Waals surface area contributed by atoms with Crippen LogP contribution in [-0.4, -0.2) is 38.0 Å². The van der Waals surface area contributed by atoms with Crippen molar-refractivity contribution in [3.8, 4) is 0 Å². The fraction of sp³-hybridized carbons (Fsp3) is 0.0930. The summed E-state index contributed by atoms with van der Waals surface area (Å²) in [7, 11) is 0. The number of hydrogen-bond donors (Lipinski definition) is 3.